The summed E-state index contributed by atoms with van der Waals surface area (Å²) in [7, 11) is 0. The lowest BCUT2D eigenvalue weighted by Gasteiger charge is -2.42. The Morgan fingerprint density at radius 3 is 2.32 bits per heavy atom. The number of carbonyl (C=O) groups is 1. The predicted octanol–water partition coefficient (Wildman–Crippen LogP) is 4.98. The monoisotopic (exact) mass is 413 g/mol. The second kappa shape index (κ2) is 8.74. The standard InChI is InChI=1S/C27H31N3O/c1-16-13-24(18(3)12-22(16)20-8-10-30-11-9-20)26(31)25-14-17(2)23(25)15-19-4-6-21(7-5-19)27(28)29/h4-13,17,23,25,27H,14-15,28-29H2,1-3H3. The van der Waals surface area contributed by atoms with Crippen molar-refractivity contribution in [1.29, 1.82) is 0 Å². The number of nitrogens with zero attached hydrogens (tertiary/aromatic N) is 1. The molecule has 160 valence electrons. The molecule has 4 N–H and O–H groups in total. The molecule has 31 heavy (non-hydrogen) atoms. The molecule has 1 aliphatic rings. The number of nitrogens with two attached hydrogens (primary N) is 2. The normalized spacial score (nSPS) is 20.5. The summed E-state index contributed by atoms with van der Waals surface area (Å²) in [5, 5.41) is 0. The van der Waals surface area contributed by atoms with Gasteiger partial charge in [0.1, 0.15) is 0 Å². The van der Waals surface area contributed by atoms with E-state index >= 15 is 0 Å². The largest absolute Gasteiger partial charge is 0.312 e. The molecule has 0 bridgehead atoms. The van der Waals surface area contributed by atoms with Crippen molar-refractivity contribution in [1.82, 2.24) is 4.98 Å². The van der Waals surface area contributed by atoms with E-state index in [-0.39, 0.29) is 11.7 Å². The third-order valence-corrected chi connectivity index (χ3v) is 6.87. The highest BCUT2D eigenvalue weighted by Crippen LogP contribution is 2.44. The van der Waals surface area contributed by atoms with Gasteiger partial charge >= 0.3 is 0 Å². The van der Waals surface area contributed by atoms with Gasteiger partial charge in [-0.3, -0.25) is 9.78 Å². The highest BCUT2D eigenvalue weighted by molar-refractivity contribution is 6.00. The third-order valence-electron chi connectivity index (χ3n) is 6.87. The number of aromatic nitrogens is 1. The molecule has 1 aliphatic carbocycles. The minimum atomic E-state index is -0.452. The summed E-state index contributed by atoms with van der Waals surface area (Å²) < 4.78 is 0. The number of hydrogen-bond acceptors (Lipinski definition) is 4. The maximum atomic E-state index is 13.5. The van der Waals surface area contributed by atoms with Gasteiger partial charge in [-0.25, -0.2) is 0 Å². The van der Waals surface area contributed by atoms with Crippen molar-refractivity contribution in [2.75, 3.05) is 0 Å². The molecule has 1 fully saturated rings. The van der Waals surface area contributed by atoms with E-state index in [1.54, 1.807) is 12.4 Å². The number of benzene rings is 2. The predicted molar refractivity (Wildman–Crippen MR) is 126 cm³/mol. The zero-order valence-corrected chi connectivity index (χ0v) is 18.5. The number of Topliss-reactive ketones (excluding diaryl/α,β-unsaturated/α-hetero) is 1. The van der Waals surface area contributed by atoms with Crippen LogP contribution in [0.15, 0.2) is 60.9 Å². The molecule has 4 rings (SSSR count). The zero-order chi connectivity index (χ0) is 22.1. The number of pyridine rings is 1. The Morgan fingerprint density at radius 1 is 1.03 bits per heavy atom. The minimum Gasteiger partial charge on any atom is -0.312 e. The van der Waals surface area contributed by atoms with Crippen molar-refractivity contribution in [3.05, 3.63) is 88.7 Å². The Balaban J connectivity index is 1.54. The van der Waals surface area contributed by atoms with Crippen LogP contribution in [0.3, 0.4) is 0 Å². The molecule has 3 aromatic rings. The maximum absolute atomic E-state index is 13.5. The topological polar surface area (TPSA) is 82.0 Å². The highest BCUT2D eigenvalue weighted by atomic mass is 16.1. The number of ketones is 1. The van der Waals surface area contributed by atoms with Gasteiger partial charge in [0.25, 0.3) is 0 Å². The SMILES string of the molecule is Cc1cc(-c2ccncc2)c(C)cc1C(=O)C1CC(C)C1Cc1ccc(C(N)N)cc1. The van der Waals surface area contributed by atoms with Gasteiger partial charge < -0.3 is 11.5 Å². The summed E-state index contributed by atoms with van der Waals surface area (Å²) in [6.07, 6.45) is 5.02. The Bertz CT molecular complexity index is 1070. The molecule has 3 unspecified atom stereocenters. The first-order valence-corrected chi connectivity index (χ1v) is 11.0. The summed E-state index contributed by atoms with van der Waals surface area (Å²) >= 11 is 0. The Kier molecular flexibility index (Phi) is 6.03. The fourth-order valence-corrected chi connectivity index (χ4v) is 4.87. The molecule has 0 radical (unpaired) electrons. The van der Waals surface area contributed by atoms with Crippen molar-refractivity contribution < 1.29 is 4.79 Å². The summed E-state index contributed by atoms with van der Waals surface area (Å²) in [6.45, 7) is 6.38. The number of aryl methyl sites for hydroxylation is 2. The van der Waals surface area contributed by atoms with E-state index in [1.807, 2.05) is 31.2 Å². The number of rotatable bonds is 6. The molecule has 0 aliphatic heterocycles. The lowest BCUT2D eigenvalue weighted by Crippen LogP contribution is -2.41. The fraction of sp³-hybridized carbons (Fsp3) is 0.333. The molecule has 0 spiro atoms. The van der Waals surface area contributed by atoms with Crippen molar-refractivity contribution in [2.45, 2.75) is 39.8 Å². The summed E-state index contributed by atoms with van der Waals surface area (Å²) in [6, 6.07) is 16.4. The van der Waals surface area contributed by atoms with E-state index in [4.69, 9.17) is 11.5 Å². The molecule has 4 heteroatoms. The summed E-state index contributed by atoms with van der Waals surface area (Å²) in [5.74, 6) is 1.27. The first kappa shape index (κ1) is 21.4. The van der Waals surface area contributed by atoms with E-state index in [2.05, 4.69) is 43.1 Å². The Labute approximate surface area is 184 Å². The van der Waals surface area contributed by atoms with E-state index in [1.165, 1.54) is 5.56 Å². The third kappa shape index (κ3) is 4.32. The van der Waals surface area contributed by atoms with Gasteiger partial charge in [0, 0.05) is 23.9 Å². The Hall–Kier alpha value is -2.82. The first-order chi connectivity index (χ1) is 14.8. The molecule has 0 saturated heterocycles. The minimum absolute atomic E-state index is 0.0799. The van der Waals surface area contributed by atoms with Gasteiger partial charge in [0.05, 0.1) is 6.17 Å². The van der Waals surface area contributed by atoms with Gasteiger partial charge in [0.2, 0.25) is 0 Å². The maximum Gasteiger partial charge on any atom is 0.166 e. The van der Waals surface area contributed by atoms with E-state index in [0.717, 1.165) is 46.2 Å². The van der Waals surface area contributed by atoms with Crippen LogP contribution in [0, 0.1) is 31.6 Å². The van der Waals surface area contributed by atoms with Gasteiger partial charge in [-0.2, -0.15) is 0 Å². The fourth-order valence-electron chi connectivity index (χ4n) is 4.87. The van der Waals surface area contributed by atoms with E-state index in [9.17, 15) is 4.79 Å². The highest BCUT2D eigenvalue weighted by Gasteiger charge is 2.42. The summed E-state index contributed by atoms with van der Waals surface area (Å²) in [5.41, 5.74) is 19.0. The molecule has 0 amide bonds. The molecular weight excluding hydrogens is 382 g/mol. The lowest BCUT2D eigenvalue weighted by molar-refractivity contribution is 0.0540. The van der Waals surface area contributed by atoms with Gasteiger partial charge in [0.15, 0.2) is 5.78 Å². The second-order valence-corrected chi connectivity index (χ2v) is 9.04. The van der Waals surface area contributed by atoms with Gasteiger partial charge in [-0.1, -0.05) is 37.3 Å². The van der Waals surface area contributed by atoms with Gasteiger partial charge in [-0.05, 0) is 90.1 Å². The molecular formula is C27H31N3O. The van der Waals surface area contributed by atoms with Gasteiger partial charge in [-0.15, -0.1) is 0 Å². The lowest BCUT2D eigenvalue weighted by atomic mass is 9.61. The molecule has 3 atom stereocenters. The van der Waals surface area contributed by atoms with Crippen molar-refractivity contribution in [3.63, 3.8) is 0 Å². The molecule has 4 nitrogen and oxygen atoms in total. The van der Waals surface area contributed by atoms with Crippen molar-refractivity contribution >= 4 is 5.78 Å². The molecule has 1 aromatic heterocycles. The van der Waals surface area contributed by atoms with Crippen molar-refractivity contribution in [2.24, 2.45) is 29.2 Å². The van der Waals surface area contributed by atoms with Crippen LogP contribution in [-0.2, 0) is 6.42 Å². The zero-order valence-electron chi connectivity index (χ0n) is 18.5. The van der Waals surface area contributed by atoms with Crippen LogP contribution >= 0.6 is 0 Å². The van der Waals surface area contributed by atoms with Crippen LogP contribution < -0.4 is 11.5 Å². The number of hydrogen-bond donors (Lipinski definition) is 2. The number of carbonyl (C=O) groups excluding carboxylic acids is 1. The van der Waals surface area contributed by atoms with Crippen LogP contribution in [0.1, 0.15) is 52.1 Å². The second-order valence-electron chi connectivity index (χ2n) is 9.04. The molecule has 2 aromatic carbocycles. The average molecular weight is 414 g/mol. The van der Waals surface area contributed by atoms with Crippen LogP contribution in [0.5, 0.6) is 0 Å². The van der Waals surface area contributed by atoms with Crippen LogP contribution in [0.25, 0.3) is 11.1 Å². The quantitative estimate of drug-likeness (QED) is 0.441. The van der Waals surface area contributed by atoms with E-state index in [0.29, 0.717) is 11.8 Å². The Morgan fingerprint density at radius 2 is 1.71 bits per heavy atom. The molecule has 1 heterocycles. The van der Waals surface area contributed by atoms with Crippen LogP contribution in [-0.4, -0.2) is 10.8 Å². The smallest absolute Gasteiger partial charge is 0.166 e. The van der Waals surface area contributed by atoms with Crippen molar-refractivity contribution in [3.8, 4) is 11.1 Å². The molecule has 1 saturated carbocycles. The summed E-state index contributed by atoms with van der Waals surface area (Å²) in [4.78, 5) is 17.6. The first-order valence-electron chi connectivity index (χ1n) is 11.0. The van der Waals surface area contributed by atoms with Crippen LogP contribution in [0.4, 0.5) is 0 Å². The van der Waals surface area contributed by atoms with Crippen LogP contribution in [0.2, 0.25) is 0 Å². The average Bonchev–Trinajstić information content (AvgIpc) is 2.77. The van der Waals surface area contributed by atoms with E-state index < -0.39 is 6.17 Å².